The second-order valence-electron chi connectivity index (χ2n) is 7.73. The monoisotopic (exact) mass is 382 g/mol. The molecule has 148 valence electrons. The van der Waals surface area contributed by atoms with Gasteiger partial charge in [-0.05, 0) is 70.2 Å². The van der Waals surface area contributed by atoms with Crippen LogP contribution in [0.15, 0.2) is 24.3 Å². The Morgan fingerprint density at radius 1 is 1.14 bits per heavy atom. The standard InChI is InChI=1S/C21H26N4O3/c1-13(2)28-16-10-8-15(9-11-16)22-20(26)18-17-5-3-4-12-25(17)19(24-18)21(27)23-14-6-7-14/h8-11,13-14H,3-7,12H2,1-2H3,(H,22,26)(H,23,27). The first-order chi connectivity index (χ1) is 13.5. The molecule has 1 aromatic carbocycles. The third-order valence-corrected chi connectivity index (χ3v) is 4.93. The van der Waals surface area contributed by atoms with E-state index in [1.165, 1.54) is 0 Å². The molecule has 2 amide bonds. The number of carbonyl (C=O) groups excluding carboxylic acids is 2. The van der Waals surface area contributed by atoms with Gasteiger partial charge in [0.15, 0.2) is 11.5 Å². The Morgan fingerprint density at radius 2 is 1.89 bits per heavy atom. The highest BCUT2D eigenvalue weighted by Gasteiger charge is 2.30. The molecule has 4 rings (SSSR count). The van der Waals surface area contributed by atoms with Crippen LogP contribution in [0.1, 0.15) is 66.3 Å². The van der Waals surface area contributed by atoms with E-state index in [9.17, 15) is 9.59 Å². The molecule has 1 fully saturated rings. The molecule has 1 saturated carbocycles. The van der Waals surface area contributed by atoms with Gasteiger partial charge in [0.2, 0.25) is 0 Å². The van der Waals surface area contributed by atoms with Gasteiger partial charge in [-0.1, -0.05) is 0 Å². The van der Waals surface area contributed by atoms with Crippen LogP contribution in [0.25, 0.3) is 0 Å². The highest BCUT2D eigenvalue weighted by atomic mass is 16.5. The molecule has 0 unspecified atom stereocenters. The second-order valence-corrected chi connectivity index (χ2v) is 7.73. The maximum atomic E-state index is 12.9. The van der Waals surface area contributed by atoms with E-state index in [1.54, 1.807) is 12.1 Å². The van der Waals surface area contributed by atoms with Gasteiger partial charge in [-0.3, -0.25) is 9.59 Å². The lowest BCUT2D eigenvalue weighted by atomic mass is 10.1. The smallest absolute Gasteiger partial charge is 0.287 e. The summed E-state index contributed by atoms with van der Waals surface area (Å²) in [5, 5.41) is 5.87. The lowest BCUT2D eigenvalue weighted by Gasteiger charge is -2.17. The zero-order valence-corrected chi connectivity index (χ0v) is 16.3. The van der Waals surface area contributed by atoms with E-state index in [-0.39, 0.29) is 24.0 Å². The Morgan fingerprint density at radius 3 is 2.57 bits per heavy atom. The van der Waals surface area contributed by atoms with Crippen molar-refractivity contribution in [2.75, 3.05) is 5.32 Å². The highest BCUT2D eigenvalue weighted by molar-refractivity contribution is 6.05. The van der Waals surface area contributed by atoms with Gasteiger partial charge in [0, 0.05) is 18.3 Å². The zero-order valence-electron chi connectivity index (χ0n) is 16.3. The van der Waals surface area contributed by atoms with E-state index in [1.807, 2.05) is 30.5 Å². The predicted molar refractivity (Wildman–Crippen MR) is 106 cm³/mol. The van der Waals surface area contributed by atoms with Gasteiger partial charge in [0.05, 0.1) is 11.8 Å². The zero-order chi connectivity index (χ0) is 19.7. The van der Waals surface area contributed by atoms with Gasteiger partial charge in [0.25, 0.3) is 11.8 Å². The summed E-state index contributed by atoms with van der Waals surface area (Å²) in [6.45, 7) is 4.66. The summed E-state index contributed by atoms with van der Waals surface area (Å²) >= 11 is 0. The number of hydrogen-bond donors (Lipinski definition) is 2. The average molecular weight is 382 g/mol. The number of imidazole rings is 1. The van der Waals surface area contributed by atoms with Crippen LogP contribution in [0.4, 0.5) is 5.69 Å². The van der Waals surface area contributed by atoms with E-state index < -0.39 is 0 Å². The quantitative estimate of drug-likeness (QED) is 0.804. The Labute approximate surface area is 164 Å². The van der Waals surface area contributed by atoms with Crippen molar-refractivity contribution in [1.29, 1.82) is 0 Å². The summed E-state index contributed by atoms with van der Waals surface area (Å²) in [5.41, 5.74) is 1.87. The Kier molecular flexibility index (Phi) is 5.07. The largest absolute Gasteiger partial charge is 0.491 e. The fraction of sp³-hybridized carbons (Fsp3) is 0.476. The van der Waals surface area contributed by atoms with E-state index in [0.29, 0.717) is 17.2 Å². The maximum Gasteiger partial charge on any atom is 0.287 e. The number of anilines is 1. The van der Waals surface area contributed by atoms with Crippen molar-refractivity contribution < 1.29 is 14.3 Å². The van der Waals surface area contributed by atoms with Gasteiger partial charge in [-0.25, -0.2) is 4.98 Å². The predicted octanol–water partition coefficient (Wildman–Crippen LogP) is 3.15. The van der Waals surface area contributed by atoms with Crippen LogP contribution >= 0.6 is 0 Å². The Bertz CT molecular complexity index is 882. The Balaban J connectivity index is 1.53. The number of amides is 2. The number of ether oxygens (including phenoxy) is 1. The molecule has 2 N–H and O–H groups in total. The Hall–Kier alpha value is -2.83. The second kappa shape index (κ2) is 7.66. The normalized spacial score (nSPS) is 15.8. The average Bonchev–Trinajstić information content (AvgIpc) is 3.39. The minimum Gasteiger partial charge on any atom is -0.491 e. The van der Waals surface area contributed by atoms with Crippen LogP contribution < -0.4 is 15.4 Å². The fourth-order valence-electron chi connectivity index (χ4n) is 3.46. The molecule has 7 nitrogen and oxygen atoms in total. The lowest BCUT2D eigenvalue weighted by molar-refractivity contribution is 0.0935. The third-order valence-electron chi connectivity index (χ3n) is 4.93. The van der Waals surface area contributed by atoms with Crippen LogP contribution in [-0.4, -0.2) is 33.5 Å². The number of rotatable bonds is 6. The van der Waals surface area contributed by atoms with E-state index in [4.69, 9.17) is 4.74 Å². The van der Waals surface area contributed by atoms with E-state index in [2.05, 4.69) is 15.6 Å². The molecule has 28 heavy (non-hydrogen) atoms. The number of benzene rings is 1. The summed E-state index contributed by atoms with van der Waals surface area (Å²) in [7, 11) is 0. The fourth-order valence-corrected chi connectivity index (χ4v) is 3.46. The summed E-state index contributed by atoms with van der Waals surface area (Å²) < 4.78 is 7.54. The molecule has 2 heterocycles. The molecule has 0 saturated heterocycles. The van der Waals surface area contributed by atoms with Crippen molar-refractivity contribution in [2.45, 2.75) is 64.6 Å². The van der Waals surface area contributed by atoms with Crippen LogP contribution in [0.2, 0.25) is 0 Å². The summed E-state index contributed by atoms with van der Waals surface area (Å²) in [5.74, 6) is 0.646. The minimum atomic E-state index is -0.284. The molecule has 0 radical (unpaired) electrons. The summed E-state index contributed by atoms with van der Waals surface area (Å²) in [6.07, 6.45) is 4.88. The summed E-state index contributed by atoms with van der Waals surface area (Å²) in [4.78, 5) is 29.9. The van der Waals surface area contributed by atoms with Crippen LogP contribution in [0.5, 0.6) is 5.75 Å². The van der Waals surface area contributed by atoms with Crippen LogP contribution in [0, 0.1) is 0 Å². The van der Waals surface area contributed by atoms with Gasteiger partial charge >= 0.3 is 0 Å². The number of nitrogens with zero attached hydrogens (tertiary/aromatic N) is 2. The van der Waals surface area contributed by atoms with Crippen LogP contribution in [-0.2, 0) is 13.0 Å². The molecule has 1 aliphatic heterocycles. The number of nitrogens with one attached hydrogen (secondary N) is 2. The topological polar surface area (TPSA) is 85.2 Å². The van der Waals surface area contributed by atoms with Gasteiger partial charge < -0.3 is 19.9 Å². The van der Waals surface area contributed by atoms with Gasteiger partial charge in [0.1, 0.15) is 5.75 Å². The third kappa shape index (κ3) is 4.03. The van der Waals surface area contributed by atoms with Crippen molar-refractivity contribution in [2.24, 2.45) is 0 Å². The SMILES string of the molecule is CC(C)Oc1ccc(NC(=O)c2nc(C(=O)NC3CC3)n3c2CCCC3)cc1. The maximum absolute atomic E-state index is 12.9. The molecule has 0 bridgehead atoms. The molecular weight excluding hydrogens is 356 g/mol. The van der Waals surface area contributed by atoms with E-state index >= 15 is 0 Å². The minimum absolute atomic E-state index is 0.0951. The van der Waals surface area contributed by atoms with Crippen molar-refractivity contribution in [3.8, 4) is 5.75 Å². The number of carbonyl (C=O) groups is 2. The first-order valence-corrected chi connectivity index (χ1v) is 9.99. The molecular formula is C21H26N4O3. The van der Waals surface area contributed by atoms with Gasteiger partial charge in [-0.15, -0.1) is 0 Å². The van der Waals surface area contributed by atoms with Crippen LogP contribution in [0.3, 0.4) is 0 Å². The first-order valence-electron chi connectivity index (χ1n) is 9.99. The number of hydrogen-bond acceptors (Lipinski definition) is 4. The number of fused-ring (bicyclic) bond motifs is 1. The van der Waals surface area contributed by atoms with Crippen molar-refractivity contribution in [1.82, 2.24) is 14.9 Å². The molecule has 0 atom stereocenters. The molecule has 2 aliphatic rings. The van der Waals surface area contributed by atoms with E-state index in [0.717, 1.165) is 50.1 Å². The summed E-state index contributed by atoms with van der Waals surface area (Å²) in [6, 6.07) is 7.52. The van der Waals surface area contributed by atoms with Crippen molar-refractivity contribution in [3.63, 3.8) is 0 Å². The van der Waals surface area contributed by atoms with Crippen molar-refractivity contribution >= 4 is 17.5 Å². The molecule has 7 heteroatoms. The lowest BCUT2D eigenvalue weighted by Crippen LogP contribution is -2.29. The van der Waals surface area contributed by atoms with Crippen molar-refractivity contribution in [3.05, 3.63) is 41.5 Å². The highest BCUT2D eigenvalue weighted by Crippen LogP contribution is 2.24. The first kappa shape index (κ1) is 18.5. The molecule has 1 aromatic heterocycles. The molecule has 1 aliphatic carbocycles. The molecule has 0 spiro atoms. The van der Waals surface area contributed by atoms with Gasteiger partial charge in [-0.2, -0.15) is 0 Å². The number of aromatic nitrogens is 2. The molecule has 2 aromatic rings.